The third-order valence-corrected chi connectivity index (χ3v) is 5.29. The Labute approximate surface area is 145 Å². The van der Waals surface area contributed by atoms with Crippen LogP contribution in [0.25, 0.3) is 0 Å². The molecular formula is C12H19ClN4O6S. The molecule has 0 fully saturated rings. The lowest BCUT2D eigenvalue weighted by molar-refractivity contribution is -0.570. The van der Waals surface area contributed by atoms with Crippen molar-refractivity contribution in [1.29, 1.82) is 0 Å². The molecule has 0 radical (unpaired) electrons. The molecule has 1 aromatic rings. The zero-order chi connectivity index (χ0) is 18.0. The van der Waals surface area contributed by atoms with Crippen LogP contribution in [0.5, 0.6) is 0 Å². The molecule has 10 nitrogen and oxygen atoms in total. The number of hydrogen-bond acceptors (Lipinski definition) is 7. The summed E-state index contributed by atoms with van der Waals surface area (Å²) in [5.74, 6) is 0. The molecule has 2 N–H and O–H groups in total. The average Bonchev–Trinajstić information content (AvgIpc) is 2.46. The van der Waals surface area contributed by atoms with Crippen LogP contribution in [0.15, 0.2) is 23.1 Å². The molecule has 0 unspecified atom stereocenters. The van der Waals surface area contributed by atoms with E-state index < -0.39 is 31.1 Å². The van der Waals surface area contributed by atoms with E-state index in [-0.39, 0.29) is 36.0 Å². The molecule has 0 aliphatic carbocycles. The van der Waals surface area contributed by atoms with Gasteiger partial charge in [-0.1, -0.05) is 0 Å². The minimum Gasteiger partial charge on any atom is -0.329 e. The van der Waals surface area contributed by atoms with Gasteiger partial charge in [0.25, 0.3) is 5.69 Å². The number of rotatable bonds is 7. The number of nitro benzene ring substituents is 1. The van der Waals surface area contributed by atoms with E-state index in [1.165, 1.54) is 20.9 Å². The van der Waals surface area contributed by atoms with Crippen molar-refractivity contribution in [2.24, 2.45) is 5.73 Å². The number of likely N-dealkylation sites (N-methyl/N-ethyl adjacent to an activating group) is 1. The van der Waals surface area contributed by atoms with E-state index >= 15 is 0 Å². The minimum atomic E-state index is -3.96. The Hall–Kier alpha value is -1.82. The molecule has 0 saturated heterocycles. The maximum atomic E-state index is 12.3. The third kappa shape index (κ3) is 4.17. The molecule has 0 aliphatic rings. The Morgan fingerprint density at radius 3 is 2.21 bits per heavy atom. The molecule has 24 heavy (non-hydrogen) atoms. The number of nitrogens with zero attached hydrogens (tertiary/aromatic N) is 3. The highest BCUT2D eigenvalue weighted by molar-refractivity contribution is 7.89. The van der Waals surface area contributed by atoms with Crippen molar-refractivity contribution in [3.05, 3.63) is 44.0 Å². The number of benzene rings is 1. The van der Waals surface area contributed by atoms with E-state index in [1.807, 2.05) is 0 Å². The smallest absolute Gasteiger partial charge is 0.281 e. The van der Waals surface area contributed by atoms with Gasteiger partial charge in [0.2, 0.25) is 15.6 Å². The number of hydrogen-bond donors (Lipinski definition) is 1. The van der Waals surface area contributed by atoms with Gasteiger partial charge >= 0.3 is 0 Å². The van der Waals surface area contributed by atoms with Gasteiger partial charge in [0.05, 0.1) is 9.82 Å². The first-order valence-corrected chi connectivity index (χ1v) is 8.00. The van der Waals surface area contributed by atoms with Gasteiger partial charge in [-0.2, -0.15) is 4.31 Å². The molecular weight excluding hydrogens is 364 g/mol. The number of sulfonamides is 1. The summed E-state index contributed by atoms with van der Waals surface area (Å²) >= 11 is 0. The van der Waals surface area contributed by atoms with Crippen LogP contribution >= 0.6 is 12.4 Å². The predicted molar refractivity (Wildman–Crippen MR) is 89.2 cm³/mol. The van der Waals surface area contributed by atoms with Crippen LogP contribution in [0.1, 0.15) is 19.4 Å². The molecule has 1 rings (SSSR count). The highest BCUT2D eigenvalue weighted by atomic mass is 35.5. The van der Waals surface area contributed by atoms with Crippen molar-refractivity contribution in [2.45, 2.75) is 24.3 Å². The SMILES string of the molecule is CN(CCN)S(=O)(=O)c1ccc(C(C)(C)[N+](=O)[O-])c([N+](=O)[O-])c1.Cl. The molecule has 0 saturated carbocycles. The molecule has 136 valence electrons. The molecule has 1 aromatic carbocycles. The molecule has 0 spiro atoms. The minimum absolute atomic E-state index is 0. The van der Waals surface area contributed by atoms with Crippen LogP contribution in [0.3, 0.4) is 0 Å². The summed E-state index contributed by atoms with van der Waals surface area (Å²) in [7, 11) is -2.67. The first-order chi connectivity index (χ1) is 10.5. The van der Waals surface area contributed by atoms with Crippen LogP contribution in [0, 0.1) is 20.2 Å². The Balaban J connectivity index is 0.00000529. The summed E-state index contributed by atoms with van der Waals surface area (Å²) in [4.78, 5) is 20.5. The summed E-state index contributed by atoms with van der Waals surface area (Å²) in [6, 6.07) is 3.06. The number of halogens is 1. The van der Waals surface area contributed by atoms with E-state index in [2.05, 4.69) is 0 Å². The van der Waals surface area contributed by atoms with Gasteiger partial charge in [0.1, 0.15) is 5.56 Å². The fourth-order valence-corrected chi connectivity index (χ4v) is 3.13. The molecule has 0 aliphatic heterocycles. The van der Waals surface area contributed by atoms with E-state index in [1.54, 1.807) is 0 Å². The topological polar surface area (TPSA) is 150 Å². The summed E-state index contributed by atoms with van der Waals surface area (Å²) in [5.41, 5.74) is 2.79. The summed E-state index contributed by atoms with van der Waals surface area (Å²) in [6.45, 7) is 2.55. The van der Waals surface area contributed by atoms with Gasteiger partial charge in [0, 0.05) is 45.0 Å². The van der Waals surface area contributed by atoms with Gasteiger partial charge in [-0.25, -0.2) is 8.42 Å². The maximum absolute atomic E-state index is 12.3. The second-order valence-corrected chi connectivity index (χ2v) is 7.41. The monoisotopic (exact) mass is 382 g/mol. The molecule has 0 atom stereocenters. The quantitative estimate of drug-likeness (QED) is 0.547. The molecule has 0 aromatic heterocycles. The van der Waals surface area contributed by atoms with E-state index in [4.69, 9.17) is 5.73 Å². The van der Waals surface area contributed by atoms with Crippen molar-refractivity contribution >= 4 is 28.1 Å². The first-order valence-electron chi connectivity index (χ1n) is 6.56. The fraction of sp³-hybridized carbons (Fsp3) is 0.500. The highest BCUT2D eigenvalue weighted by Gasteiger charge is 2.40. The van der Waals surface area contributed by atoms with Crippen LogP contribution in [0.2, 0.25) is 0 Å². The standard InChI is InChI=1S/C12H18N4O6S.ClH/c1-12(2,16(19)20)10-5-4-9(8-11(10)15(17)18)23(21,22)14(3)7-6-13;/h4-5,8H,6-7,13H2,1-3H3;1H. The lowest BCUT2D eigenvalue weighted by Gasteiger charge is -2.19. The predicted octanol–water partition coefficient (Wildman–Crippen LogP) is 1.11. The Kier molecular flexibility index (Phi) is 7.24. The van der Waals surface area contributed by atoms with E-state index in [9.17, 15) is 28.6 Å². The second-order valence-electron chi connectivity index (χ2n) is 5.37. The molecule has 12 heteroatoms. The van der Waals surface area contributed by atoms with Gasteiger partial charge in [-0.05, 0) is 12.1 Å². The lowest BCUT2D eigenvalue weighted by Crippen LogP contribution is -2.32. The van der Waals surface area contributed by atoms with Crippen LogP contribution in [-0.2, 0) is 15.6 Å². The maximum Gasteiger partial charge on any atom is 0.281 e. The largest absolute Gasteiger partial charge is 0.329 e. The summed E-state index contributed by atoms with van der Waals surface area (Å²) < 4.78 is 25.6. The Morgan fingerprint density at radius 2 is 1.79 bits per heavy atom. The Bertz CT molecular complexity index is 737. The van der Waals surface area contributed by atoms with Crippen LogP contribution < -0.4 is 5.73 Å². The van der Waals surface area contributed by atoms with Crippen LogP contribution in [0.4, 0.5) is 5.69 Å². The van der Waals surface area contributed by atoms with Gasteiger partial charge in [-0.3, -0.25) is 20.2 Å². The number of nitrogens with two attached hydrogens (primary N) is 1. The van der Waals surface area contributed by atoms with Crippen LogP contribution in [-0.4, -0.2) is 42.7 Å². The highest BCUT2D eigenvalue weighted by Crippen LogP contribution is 2.34. The molecule has 0 amide bonds. The van der Waals surface area contributed by atoms with Crippen molar-refractivity contribution in [3.63, 3.8) is 0 Å². The van der Waals surface area contributed by atoms with Crippen molar-refractivity contribution in [2.75, 3.05) is 20.1 Å². The van der Waals surface area contributed by atoms with Gasteiger partial charge in [-0.15, -0.1) is 12.4 Å². The van der Waals surface area contributed by atoms with E-state index in [0.717, 1.165) is 22.5 Å². The summed E-state index contributed by atoms with van der Waals surface area (Å²) in [5, 5.41) is 22.3. The lowest BCUT2D eigenvalue weighted by atomic mass is 9.93. The first kappa shape index (κ1) is 22.2. The normalized spacial score (nSPS) is 11.9. The van der Waals surface area contributed by atoms with Gasteiger partial charge < -0.3 is 5.73 Å². The fourth-order valence-electron chi connectivity index (χ4n) is 1.92. The average molecular weight is 383 g/mol. The Morgan fingerprint density at radius 1 is 1.25 bits per heavy atom. The second kappa shape index (κ2) is 7.83. The molecule has 0 bridgehead atoms. The molecule has 0 heterocycles. The van der Waals surface area contributed by atoms with Gasteiger partial charge in [0.15, 0.2) is 0 Å². The number of nitro groups is 2. The zero-order valence-electron chi connectivity index (χ0n) is 13.3. The zero-order valence-corrected chi connectivity index (χ0v) is 15.0. The summed E-state index contributed by atoms with van der Waals surface area (Å²) in [6.07, 6.45) is 0. The van der Waals surface area contributed by atoms with E-state index in [0.29, 0.717) is 0 Å². The third-order valence-electron chi connectivity index (χ3n) is 3.43. The van der Waals surface area contributed by atoms with Crippen molar-refractivity contribution in [1.82, 2.24) is 4.31 Å². The van der Waals surface area contributed by atoms with Crippen molar-refractivity contribution in [3.8, 4) is 0 Å². The van der Waals surface area contributed by atoms with Crippen molar-refractivity contribution < 1.29 is 18.3 Å².